The Morgan fingerprint density at radius 1 is 1.29 bits per heavy atom. The number of rotatable bonds is 6. The average molecular weight is 414 g/mol. The highest BCUT2D eigenvalue weighted by Crippen LogP contribution is 2.43. The number of esters is 1. The number of carbonyl (C=O) groups excluding carboxylic acids is 2. The van der Waals surface area contributed by atoms with E-state index in [-0.39, 0.29) is 23.7 Å². The van der Waals surface area contributed by atoms with Crippen LogP contribution in [0.3, 0.4) is 0 Å². The molecule has 1 aliphatic rings. The summed E-state index contributed by atoms with van der Waals surface area (Å²) in [5, 5.41) is 11.8. The third kappa shape index (κ3) is 6.31. The molecule has 0 radical (unpaired) electrons. The smallest absolute Gasteiger partial charge is 0.384 e. The number of hydrogen-bond donors (Lipinski definition) is 1. The highest BCUT2D eigenvalue weighted by molar-refractivity contribution is 6.74. The van der Waals surface area contributed by atoms with Crippen molar-refractivity contribution in [3.8, 4) is 11.8 Å². The first-order chi connectivity index (χ1) is 12.8. The summed E-state index contributed by atoms with van der Waals surface area (Å²) in [5.41, 5.74) is 0. The fourth-order valence-corrected chi connectivity index (χ4v) is 4.45. The van der Waals surface area contributed by atoms with Crippen LogP contribution in [0.2, 0.25) is 18.1 Å². The fourth-order valence-electron chi connectivity index (χ4n) is 3.08. The van der Waals surface area contributed by atoms with E-state index in [1.807, 2.05) is 0 Å². The Balaban J connectivity index is 3.03. The summed E-state index contributed by atoms with van der Waals surface area (Å²) in [5.74, 6) is 2.98. The lowest BCUT2D eigenvalue weighted by Crippen LogP contribution is -2.43. The number of hydroxylamine groups is 2. The van der Waals surface area contributed by atoms with Gasteiger partial charge in [0.05, 0.1) is 13.7 Å². The van der Waals surface area contributed by atoms with E-state index in [2.05, 4.69) is 45.7 Å². The van der Waals surface area contributed by atoms with E-state index >= 15 is 0 Å². The maximum Gasteiger partial charge on any atom is 0.384 e. The molecule has 0 aromatic rings. The third-order valence-electron chi connectivity index (χ3n) is 5.74. The number of carbonyl (C=O) groups is 2. The van der Waals surface area contributed by atoms with Crippen LogP contribution in [0, 0.1) is 23.7 Å². The number of nitrogens with zero attached hydrogens (tertiary/aromatic N) is 1. The van der Waals surface area contributed by atoms with Gasteiger partial charge in [0.2, 0.25) is 5.91 Å². The molecule has 8 heteroatoms. The minimum absolute atomic E-state index is 0.0379. The molecule has 0 saturated heterocycles. The van der Waals surface area contributed by atoms with Crippen molar-refractivity contribution in [2.45, 2.75) is 70.9 Å². The molecule has 0 spiro atoms. The maximum atomic E-state index is 12.7. The Labute approximate surface area is 169 Å². The van der Waals surface area contributed by atoms with Crippen LogP contribution in [0.15, 0.2) is 0 Å². The number of aliphatic hydroxyl groups is 1. The Hall–Kier alpha value is -1.40. The molecule has 1 saturated carbocycles. The van der Waals surface area contributed by atoms with E-state index in [9.17, 15) is 14.7 Å². The topological polar surface area (TPSA) is 85.3 Å². The maximum absolute atomic E-state index is 12.7. The Morgan fingerprint density at radius 2 is 1.89 bits per heavy atom. The third-order valence-corrected chi connectivity index (χ3v) is 10.3. The molecule has 0 heterocycles. The molecule has 1 rings (SSSR count). The fraction of sp³-hybridized carbons (Fsp3) is 0.800. The highest BCUT2D eigenvalue weighted by atomic mass is 28.4. The van der Waals surface area contributed by atoms with Crippen LogP contribution in [-0.4, -0.2) is 63.3 Å². The van der Waals surface area contributed by atoms with Crippen molar-refractivity contribution in [1.29, 1.82) is 0 Å². The van der Waals surface area contributed by atoms with Crippen LogP contribution >= 0.6 is 0 Å². The summed E-state index contributed by atoms with van der Waals surface area (Å²) in [7, 11) is 0.930. The lowest BCUT2D eigenvalue weighted by Gasteiger charge is -2.38. The lowest BCUT2D eigenvalue weighted by molar-refractivity contribution is -0.175. The van der Waals surface area contributed by atoms with E-state index < -0.39 is 32.2 Å². The summed E-state index contributed by atoms with van der Waals surface area (Å²) in [4.78, 5) is 29.3. The van der Waals surface area contributed by atoms with Crippen LogP contribution in [0.5, 0.6) is 0 Å². The van der Waals surface area contributed by atoms with Gasteiger partial charge in [0.1, 0.15) is 6.10 Å². The van der Waals surface area contributed by atoms with Gasteiger partial charge in [0.25, 0.3) is 0 Å². The molecule has 0 aromatic heterocycles. The predicted octanol–water partition coefficient (Wildman–Crippen LogP) is 2.35. The second-order valence-electron chi connectivity index (χ2n) is 8.69. The van der Waals surface area contributed by atoms with E-state index in [0.29, 0.717) is 12.8 Å². The largest absolute Gasteiger partial charge is 0.456 e. The second kappa shape index (κ2) is 9.88. The van der Waals surface area contributed by atoms with Crippen molar-refractivity contribution in [2.24, 2.45) is 11.8 Å². The summed E-state index contributed by atoms with van der Waals surface area (Å²) < 4.78 is 11.2. The van der Waals surface area contributed by atoms with E-state index in [4.69, 9.17) is 14.0 Å². The lowest BCUT2D eigenvalue weighted by atomic mass is 9.90. The molecule has 160 valence electrons. The predicted molar refractivity (Wildman–Crippen MR) is 108 cm³/mol. The normalized spacial score (nSPS) is 23.5. The van der Waals surface area contributed by atoms with Gasteiger partial charge in [-0.3, -0.25) is 9.63 Å². The number of ether oxygens (including phenoxy) is 1. The molecule has 1 fully saturated rings. The van der Waals surface area contributed by atoms with Crippen molar-refractivity contribution in [3.05, 3.63) is 0 Å². The SMILES string of the molecule is CCOC(=O)C#C[C@@H](O)[C@@H]1C[C@@H](O[Si](C)(C)C(C)(C)C)C[C@H]1C(=O)N(C)OC. The second-order valence-corrected chi connectivity index (χ2v) is 13.5. The quantitative estimate of drug-likeness (QED) is 0.237. The van der Waals surface area contributed by atoms with Crippen molar-refractivity contribution >= 4 is 20.2 Å². The van der Waals surface area contributed by atoms with Crippen LogP contribution in [0.4, 0.5) is 0 Å². The zero-order valence-electron chi connectivity index (χ0n) is 18.4. The first-order valence-corrected chi connectivity index (χ1v) is 12.6. The van der Waals surface area contributed by atoms with Gasteiger partial charge in [0, 0.05) is 30.9 Å². The van der Waals surface area contributed by atoms with Gasteiger partial charge in [-0.15, -0.1) is 0 Å². The van der Waals surface area contributed by atoms with Gasteiger partial charge in [-0.1, -0.05) is 26.7 Å². The Kier molecular flexibility index (Phi) is 8.69. The van der Waals surface area contributed by atoms with Crippen molar-refractivity contribution < 1.29 is 28.7 Å². The summed E-state index contributed by atoms with van der Waals surface area (Å²) in [6.07, 6.45) is -0.290. The minimum atomic E-state index is -2.03. The van der Waals surface area contributed by atoms with E-state index in [1.54, 1.807) is 6.92 Å². The molecule has 1 aliphatic carbocycles. The van der Waals surface area contributed by atoms with Gasteiger partial charge in [-0.05, 0) is 37.9 Å². The van der Waals surface area contributed by atoms with Crippen LogP contribution < -0.4 is 0 Å². The van der Waals surface area contributed by atoms with Crippen molar-refractivity contribution in [2.75, 3.05) is 20.8 Å². The highest BCUT2D eigenvalue weighted by Gasteiger charge is 2.47. The van der Waals surface area contributed by atoms with Gasteiger partial charge < -0.3 is 14.3 Å². The van der Waals surface area contributed by atoms with Gasteiger partial charge in [-0.25, -0.2) is 9.86 Å². The van der Waals surface area contributed by atoms with Crippen LogP contribution in [-0.2, 0) is 23.6 Å². The Morgan fingerprint density at radius 3 is 2.39 bits per heavy atom. The molecule has 28 heavy (non-hydrogen) atoms. The van der Waals surface area contributed by atoms with Crippen molar-refractivity contribution in [1.82, 2.24) is 5.06 Å². The average Bonchev–Trinajstić information content (AvgIpc) is 3.00. The molecular weight excluding hydrogens is 378 g/mol. The van der Waals surface area contributed by atoms with Gasteiger partial charge in [0.15, 0.2) is 8.32 Å². The zero-order chi connectivity index (χ0) is 21.7. The zero-order valence-corrected chi connectivity index (χ0v) is 19.4. The molecule has 1 N–H and O–H groups in total. The first kappa shape index (κ1) is 24.6. The number of amides is 1. The Bertz CT molecular complexity index is 618. The molecular formula is C20H35NO6Si. The van der Waals surface area contributed by atoms with Crippen molar-refractivity contribution in [3.63, 3.8) is 0 Å². The molecule has 7 nitrogen and oxygen atoms in total. The van der Waals surface area contributed by atoms with E-state index in [1.165, 1.54) is 14.2 Å². The summed E-state index contributed by atoms with van der Waals surface area (Å²) in [6, 6.07) is 0. The number of aliphatic hydroxyl groups excluding tert-OH is 1. The molecule has 0 bridgehead atoms. The number of hydrogen-bond acceptors (Lipinski definition) is 6. The molecule has 0 unspecified atom stereocenters. The standard InChI is InChI=1S/C20H35NO6Si/c1-9-26-18(23)11-10-17(22)15-12-14(27-28(7,8)20(2,3)4)13-16(15)19(24)21(5)25-6/h14-17,22H,9,12-13H2,1-8H3/t14-,15-,16-,17-/m1/s1. The van der Waals surface area contributed by atoms with E-state index in [0.717, 1.165) is 5.06 Å². The van der Waals surface area contributed by atoms with Crippen LogP contribution in [0.1, 0.15) is 40.5 Å². The molecule has 1 amide bonds. The van der Waals surface area contributed by atoms with Crippen LogP contribution in [0.25, 0.3) is 0 Å². The first-order valence-electron chi connectivity index (χ1n) is 9.69. The molecule has 4 atom stereocenters. The summed E-state index contributed by atoms with van der Waals surface area (Å²) in [6.45, 7) is 12.7. The molecule has 0 aliphatic heterocycles. The minimum Gasteiger partial charge on any atom is -0.456 e. The molecule has 0 aromatic carbocycles. The summed E-state index contributed by atoms with van der Waals surface area (Å²) >= 11 is 0. The van der Waals surface area contributed by atoms with Gasteiger partial charge >= 0.3 is 5.97 Å². The van der Waals surface area contributed by atoms with Gasteiger partial charge in [-0.2, -0.15) is 0 Å². The monoisotopic (exact) mass is 413 g/mol.